The van der Waals surface area contributed by atoms with Crippen LogP contribution in [0.4, 0.5) is 0 Å². The fourth-order valence-electron chi connectivity index (χ4n) is 3.24. The fraction of sp³-hybridized carbons (Fsp3) is 0.381. The average Bonchev–Trinajstić information content (AvgIpc) is 2.70. The molecule has 0 unspecified atom stereocenters. The normalized spacial score (nSPS) is 15.9. The smallest absolute Gasteiger partial charge is 0.243 e. The molecule has 8 heteroatoms. The molecule has 2 aromatic carbocycles. The molecule has 0 saturated carbocycles. The Hall–Kier alpha value is -1.93. The highest BCUT2D eigenvalue weighted by Gasteiger charge is 2.28. The number of amides is 1. The van der Waals surface area contributed by atoms with E-state index >= 15 is 0 Å². The standard InChI is InChI=1S/C21H26ClN3O3S/c1-17-2-8-20(9-3-17)29(27,28)25-14-12-24(13-15-25)16-21(26)23-11-10-18-4-6-19(22)7-5-18/h2-9H,10-16H2,1H3,(H,23,26). The average molecular weight is 436 g/mol. The first-order valence-corrected chi connectivity index (χ1v) is 11.5. The largest absolute Gasteiger partial charge is 0.355 e. The first-order chi connectivity index (χ1) is 13.8. The highest BCUT2D eigenvalue weighted by Crippen LogP contribution is 2.18. The van der Waals surface area contributed by atoms with E-state index in [2.05, 4.69) is 5.32 Å². The maximum absolute atomic E-state index is 12.7. The lowest BCUT2D eigenvalue weighted by Crippen LogP contribution is -2.51. The number of carbonyl (C=O) groups excluding carboxylic acids is 1. The summed E-state index contributed by atoms with van der Waals surface area (Å²) in [5.74, 6) is -0.0474. The van der Waals surface area contributed by atoms with Crippen molar-refractivity contribution in [1.82, 2.24) is 14.5 Å². The molecule has 1 aliphatic rings. The number of nitrogens with zero attached hydrogens (tertiary/aromatic N) is 2. The zero-order valence-electron chi connectivity index (χ0n) is 16.5. The molecule has 29 heavy (non-hydrogen) atoms. The zero-order valence-corrected chi connectivity index (χ0v) is 18.0. The van der Waals surface area contributed by atoms with Crippen molar-refractivity contribution in [2.75, 3.05) is 39.3 Å². The second kappa shape index (κ2) is 9.71. The molecule has 0 bridgehead atoms. The SMILES string of the molecule is Cc1ccc(S(=O)(=O)N2CCN(CC(=O)NCCc3ccc(Cl)cc3)CC2)cc1. The molecule has 0 atom stereocenters. The molecule has 1 amide bonds. The minimum absolute atomic E-state index is 0.0474. The molecule has 1 aliphatic heterocycles. The van der Waals surface area contributed by atoms with E-state index in [0.717, 1.165) is 17.5 Å². The second-order valence-corrected chi connectivity index (χ2v) is 9.59. The van der Waals surface area contributed by atoms with Crippen molar-refractivity contribution in [1.29, 1.82) is 0 Å². The number of piperazine rings is 1. The van der Waals surface area contributed by atoms with Gasteiger partial charge in [0.15, 0.2) is 0 Å². The van der Waals surface area contributed by atoms with Crippen LogP contribution in [-0.2, 0) is 21.2 Å². The summed E-state index contributed by atoms with van der Waals surface area (Å²) < 4.78 is 27.0. The third kappa shape index (κ3) is 6.02. The van der Waals surface area contributed by atoms with Gasteiger partial charge < -0.3 is 5.32 Å². The number of sulfonamides is 1. The van der Waals surface area contributed by atoms with Gasteiger partial charge in [-0.15, -0.1) is 0 Å². The van der Waals surface area contributed by atoms with Crippen LogP contribution < -0.4 is 5.32 Å². The second-order valence-electron chi connectivity index (χ2n) is 7.22. The van der Waals surface area contributed by atoms with Crippen LogP contribution in [0, 0.1) is 6.92 Å². The van der Waals surface area contributed by atoms with E-state index in [-0.39, 0.29) is 12.5 Å². The summed E-state index contributed by atoms with van der Waals surface area (Å²) in [4.78, 5) is 14.5. The molecular weight excluding hydrogens is 410 g/mol. The van der Waals surface area contributed by atoms with E-state index in [1.54, 1.807) is 24.3 Å². The van der Waals surface area contributed by atoms with Crippen LogP contribution >= 0.6 is 11.6 Å². The number of benzene rings is 2. The van der Waals surface area contributed by atoms with E-state index < -0.39 is 10.0 Å². The van der Waals surface area contributed by atoms with E-state index in [1.807, 2.05) is 36.1 Å². The minimum atomic E-state index is -3.48. The van der Waals surface area contributed by atoms with E-state index in [0.29, 0.717) is 42.6 Å². The summed E-state index contributed by atoms with van der Waals surface area (Å²) >= 11 is 5.87. The van der Waals surface area contributed by atoms with Gasteiger partial charge >= 0.3 is 0 Å². The predicted molar refractivity (Wildman–Crippen MR) is 115 cm³/mol. The third-order valence-electron chi connectivity index (χ3n) is 5.01. The van der Waals surface area contributed by atoms with Crippen LogP contribution in [0.2, 0.25) is 5.02 Å². The first kappa shape index (κ1) is 21.8. The van der Waals surface area contributed by atoms with Crippen molar-refractivity contribution in [3.05, 3.63) is 64.7 Å². The van der Waals surface area contributed by atoms with Crippen LogP contribution in [0.3, 0.4) is 0 Å². The Bertz CT molecular complexity index is 923. The monoisotopic (exact) mass is 435 g/mol. The van der Waals surface area contributed by atoms with Gasteiger partial charge in [-0.2, -0.15) is 4.31 Å². The first-order valence-electron chi connectivity index (χ1n) is 9.65. The molecule has 0 aliphatic carbocycles. The summed E-state index contributed by atoms with van der Waals surface area (Å²) in [5.41, 5.74) is 2.14. The molecule has 1 saturated heterocycles. The summed E-state index contributed by atoms with van der Waals surface area (Å²) in [7, 11) is -3.48. The lowest BCUT2D eigenvalue weighted by molar-refractivity contribution is -0.122. The number of hydrogen-bond donors (Lipinski definition) is 1. The fourth-order valence-corrected chi connectivity index (χ4v) is 4.79. The molecular formula is C21H26ClN3O3S. The molecule has 6 nitrogen and oxygen atoms in total. The molecule has 1 heterocycles. The van der Waals surface area contributed by atoms with Gasteiger partial charge in [-0.3, -0.25) is 9.69 Å². The molecule has 2 aromatic rings. The number of halogens is 1. The lowest BCUT2D eigenvalue weighted by atomic mass is 10.1. The third-order valence-corrected chi connectivity index (χ3v) is 7.17. The number of carbonyl (C=O) groups is 1. The van der Waals surface area contributed by atoms with Crippen LogP contribution in [0.1, 0.15) is 11.1 Å². The molecule has 0 radical (unpaired) electrons. The topological polar surface area (TPSA) is 69.7 Å². The Kier molecular flexibility index (Phi) is 7.29. The number of hydrogen-bond acceptors (Lipinski definition) is 4. The van der Waals surface area contributed by atoms with Gasteiger partial charge in [-0.05, 0) is 43.2 Å². The van der Waals surface area contributed by atoms with Crippen LogP contribution in [0.5, 0.6) is 0 Å². The van der Waals surface area contributed by atoms with Gasteiger partial charge in [0.2, 0.25) is 15.9 Å². The van der Waals surface area contributed by atoms with Crippen LogP contribution in [-0.4, -0.2) is 62.8 Å². The van der Waals surface area contributed by atoms with Crippen molar-refractivity contribution in [3.63, 3.8) is 0 Å². The number of aryl methyl sites for hydroxylation is 1. The zero-order chi connectivity index (χ0) is 20.9. The predicted octanol–water partition coefficient (Wildman–Crippen LogP) is 2.31. The number of rotatable bonds is 7. The maximum atomic E-state index is 12.7. The Labute approximate surface area is 177 Å². The summed E-state index contributed by atoms with van der Waals surface area (Å²) in [5, 5.41) is 3.62. The Balaban J connectivity index is 1.42. The Morgan fingerprint density at radius 1 is 1.00 bits per heavy atom. The molecule has 1 fully saturated rings. The maximum Gasteiger partial charge on any atom is 0.243 e. The Morgan fingerprint density at radius 3 is 2.24 bits per heavy atom. The number of nitrogens with one attached hydrogen (secondary N) is 1. The summed E-state index contributed by atoms with van der Waals surface area (Å²) in [6.45, 7) is 4.60. The van der Waals surface area contributed by atoms with Gasteiger partial charge in [0.05, 0.1) is 11.4 Å². The van der Waals surface area contributed by atoms with Crippen molar-refractivity contribution >= 4 is 27.5 Å². The van der Waals surface area contributed by atoms with Crippen molar-refractivity contribution in [3.8, 4) is 0 Å². The highest BCUT2D eigenvalue weighted by atomic mass is 35.5. The van der Waals surface area contributed by atoms with Crippen LogP contribution in [0.25, 0.3) is 0 Å². The van der Waals surface area contributed by atoms with Gasteiger partial charge in [0.1, 0.15) is 0 Å². The summed E-state index contributed by atoms with van der Waals surface area (Å²) in [6.07, 6.45) is 0.742. The quantitative estimate of drug-likeness (QED) is 0.724. The van der Waals surface area contributed by atoms with Gasteiger partial charge in [0.25, 0.3) is 0 Å². The lowest BCUT2D eigenvalue weighted by Gasteiger charge is -2.33. The van der Waals surface area contributed by atoms with E-state index in [9.17, 15) is 13.2 Å². The van der Waals surface area contributed by atoms with Crippen molar-refractivity contribution < 1.29 is 13.2 Å². The van der Waals surface area contributed by atoms with Gasteiger partial charge in [-0.25, -0.2) is 8.42 Å². The molecule has 0 aromatic heterocycles. The molecule has 1 N–H and O–H groups in total. The van der Waals surface area contributed by atoms with Crippen LogP contribution in [0.15, 0.2) is 53.4 Å². The Morgan fingerprint density at radius 2 is 1.62 bits per heavy atom. The molecule has 3 rings (SSSR count). The van der Waals surface area contributed by atoms with E-state index in [4.69, 9.17) is 11.6 Å². The minimum Gasteiger partial charge on any atom is -0.355 e. The van der Waals surface area contributed by atoms with Gasteiger partial charge in [-0.1, -0.05) is 41.4 Å². The van der Waals surface area contributed by atoms with Crippen molar-refractivity contribution in [2.45, 2.75) is 18.2 Å². The summed E-state index contributed by atoms with van der Waals surface area (Å²) in [6, 6.07) is 14.5. The highest BCUT2D eigenvalue weighted by molar-refractivity contribution is 7.89. The molecule has 0 spiro atoms. The van der Waals surface area contributed by atoms with E-state index in [1.165, 1.54) is 4.31 Å². The van der Waals surface area contributed by atoms with Gasteiger partial charge in [0, 0.05) is 37.7 Å². The van der Waals surface area contributed by atoms with Crippen molar-refractivity contribution in [2.24, 2.45) is 0 Å². The molecule has 156 valence electrons.